The summed E-state index contributed by atoms with van der Waals surface area (Å²) in [6, 6.07) is 8.94. The standard InChI is InChI=1S/C30H44N8O3/c1-4-37(25-10-7-22(31)19-25)23-8-5-21-18-24(9-6-20(21)17-23)38-12-11-26(34-29(38)41)33-28(40)36-15-13-35(14-16-36)27(39)30(2,3)32/h6,9,11-12,18,22-23,25H,4-5,7-8,10,13-17,19,31-32H2,1-3H3,(H,33,34,40,41). The first-order chi connectivity index (χ1) is 19.5. The lowest BCUT2D eigenvalue weighted by Gasteiger charge is -2.38. The second-order valence-corrected chi connectivity index (χ2v) is 12.3. The molecule has 1 aliphatic heterocycles. The number of rotatable bonds is 6. The highest BCUT2D eigenvalue weighted by Gasteiger charge is 2.33. The molecule has 3 unspecified atom stereocenters. The number of fused-ring (bicyclic) bond motifs is 1. The van der Waals surface area contributed by atoms with Gasteiger partial charge in [0, 0.05) is 50.5 Å². The average molecular weight is 565 g/mol. The van der Waals surface area contributed by atoms with Gasteiger partial charge in [0.2, 0.25) is 5.91 Å². The monoisotopic (exact) mass is 564 g/mol. The lowest BCUT2D eigenvalue weighted by Crippen LogP contribution is -2.58. The number of piperazine rings is 1. The molecule has 2 aliphatic carbocycles. The highest BCUT2D eigenvalue weighted by Crippen LogP contribution is 2.31. The van der Waals surface area contributed by atoms with Gasteiger partial charge in [-0.1, -0.05) is 13.0 Å². The fourth-order valence-corrected chi connectivity index (χ4v) is 6.64. The molecule has 3 amide bonds. The van der Waals surface area contributed by atoms with Crippen LogP contribution < -0.4 is 22.5 Å². The van der Waals surface area contributed by atoms with Crippen LogP contribution in [0.25, 0.3) is 5.69 Å². The maximum Gasteiger partial charge on any atom is 0.354 e. The number of hydrogen-bond donors (Lipinski definition) is 3. The van der Waals surface area contributed by atoms with Gasteiger partial charge in [-0.05, 0) is 88.2 Å². The molecule has 1 aromatic heterocycles. The van der Waals surface area contributed by atoms with Gasteiger partial charge in [0.05, 0.1) is 11.2 Å². The van der Waals surface area contributed by atoms with E-state index >= 15 is 0 Å². The van der Waals surface area contributed by atoms with Crippen LogP contribution in [0.15, 0.2) is 35.3 Å². The summed E-state index contributed by atoms with van der Waals surface area (Å²) < 4.78 is 1.51. The van der Waals surface area contributed by atoms with E-state index in [1.807, 2.05) is 6.07 Å². The largest absolute Gasteiger partial charge is 0.354 e. The van der Waals surface area contributed by atoms with E-state index in [1.54, 1.807) is 35.9 Å². The number of benzene rings is 1. The number of nitrogens with two attached hydrogens (primary N) is 2. The van der Waals surface area contributed by atoms with E-state index in [1.165, 1.54) is 22.1 Å². The molecule has 2 fully saturated rings. The number of urea groups is 1. The first-order valence-corrected chi connectivity index (χ1v) is 14.9. The number of likely N-dealkylation sites (N-methyl/N-ethyl adjacent to an activating group) is 1. The molecule has 3 aliphatic rings. The Bertz CT molecular complexity index is 1330. The van der Waals surface area contributed by atoms with Gasteiger partial charge in [-0.3, -0.25) is 19.6 Å². The number of hydrogen-bond acceptors (Lipinski definition) is 7. The molecular formula is C30H44N8O3. The molecule has 0 spiro atoms. The number of carbonyl (C=O) groups is 2. The van der Waals surface area contributed by atoms with Crippen molar-refractivity contribution in [2.45, 2.75) is 83.0 Å². The maximum absolute atomic E-state index is 12.9. The summed E-state index contributed by atoms with van der Waals surface area (Å²) in [4.78, 5) is 48.2. The molecule has 11 nitrogen and oxygen atoms in total. The Kier molecular flexibility index (Phi) is 8.49. The van der Waals surface area contributed by atoms with Crippen molar-refractivity contribution in [3.63, 3.8) is 0 Å². The molecule has 0 radical (unpaired) electrons. The number of carbonyl (C=O) groups excluding carboxylic acids is 2. The van der Waals surface area contributed by atoms with E-state index in [-0.39, 0.29) is 17.8 Å². The highest BCUT2D eigenvalue weighted by atomic mass is 16.2. The zero-order chi connectivity index (χ0) is 29.3. The van der Waals surface area contributed by atoms with Crippen LogP contribution in [0.5, 0.6) is 0 Å². The van der Waals surface area contributed by atoms with Gasteiger partial charge < -0.3 is 21.3 Å². The van der Waals surface area contributed by atoms with E-state index in [4.69, 9.17) is 11.5 Å². The normalized spacial score (nSPS) is 23.0. The predicted molar refractivity (Wildman–Crippen MR) is 159 cm³/mol. The van der Waals surface area contributed by atoms with Gasteiger partial charge in [0.1, 0.15) is 5.82 Å². The van der Waals surface area contributed by atoms with Crippen molar-refractivity contribution in [2.24, 2.45) is 11.5 Å². The molecule has 11 heteroatoms. The van der Waals surface area contributed by atoms with E-state index in [0.717, 1.165) is 44.3 Å². The third kappa shape index (κ3) is 6.47. The van der Waals surface area contributed by atoms with Crippen LogP contribution in [0.4, 0.5) is 10.6 Å². The topological polar surface area (TPSA) is 143 Å². The number of nitrogens with one attached hydrogen (secondary N) is 1. The Hall–Kier alpha value is -3.28. The molecular weight excluding hydrogens is 520 g/mol. The van der Waals surface area contributed by atoms with Gasteiger partial charge in [0.15, 0.2) is 0 Å². The molecule has 1 saturated heterocycles. The first kappa shape index (κ1) is 29.2. The van der Waals surface area contributed by atoms with Crippen molar-refractivity contribution in [3.05, 3.63) is 52.1 Å². The molecule has 5 N–H and O–H groups in total. The Morgan fingerprint density at radius 2 is 1.78 bits per heavy atom. The van der Waals surface area contributed by atoms with E-state index in [0.29, 0.717) is 44.3 Å². The quantitative estimate of drug-likeness (QED) is 0.485. The van der Waals surface area contributed by atoms with Crippen molar-refractivity contribution >= 4 is 17.8 Å². The SMILES string of the molecule is CCN(C1CCc2cc(-n3ccc(NC(=O)N4CCN(C(=O)C(C)(C)N)CC4)nc3=O)ccc2C1)C1CCC(N)C1. The smallest absolute Gasteiger partial charge is 0.338 e. The van der Waals surface area contributed by atoms with Gasteiger partial charge in [0.25, 0.3) is 0 Å². The summed E-state index contributed by atoms with van der Waals surface area (Å²) >= 11 is 0. The lowest BCUT2D eigenvalue weighted by atomic mass is 9.86. The summed E-state index contributed by atoms with van der Waals surface area (Å²) in [6.07, 6.45) is 8.13. The minimum absolute atomic E-state index is 0.137. The zero-order valence-corrected chi connectivity index (χ0v) is 24.5. The molecule has 222 valence electrons. The van der Waals surface area contributed by atoms with Gasteiger partial charge >= 0.3 is 11.7 Å². The lowest BCUT2D eigenvalue weighted by molar-refractivity contribution is -0.137. The Balaban J connectivity index is 1.20. The summed E-state index contributed by atoms with van der Waals surface area (Å²) in [5, 5.41) is 2.72. The number of aromatic nitrogens is 2. The molecule has 0 bridgehead atoms. The predicted octanol–water partition coefficient (Wildman–Crippen LogP) is 1.70. The fraction of sp³-hybridized carbons (Fsp3) is 0.600. The average Bonchev–Trinajstić information content (AvgIpc) is 3.38. The molecule has 5 rings (SSSR count). The second-order valence-electron chi connectivity index (χ2n) is 12.3. The van der Waals surface area contributed by atoms with Crippen LogP contribution in [0.1, 0.15) is 57.6 Å². The number of aryl methyl sites for hydroxylation is 1. The van der Waals surface area contributed by atoms with Crippen LogP contribution >= 0.6 is 0 Å². The van der Waals surface area contributed by atoms with E-state index in [2.05, 4.69) is 34.3 Å². The minimum atomic E-state index is -0.945. The van der Waals surface area contributed by atoms with Crippen LogP contribution in [-0.4, -0.2) is 92.6 Å². The fourth-order valence-electron chi connectivity index (χ4n) is 6.64. The van der Waals surface area contributed by atoms with E-state index in [9.17, 15) is 14.4 Å². The van der Waals surface area contributed by atoms with Crippen LogP contribution in [0, 0.1) is 0 Å². The Morgan fingerprint density at radius 1 is 1.05 bits per heavy atom. The summed E-state index contributed by atoms with van der Waals surface area (Å²) in [6.45, 7) is 8.23. The van der Waals surface area contributed by atoms with Crippen molar-refractivity contribution < 1.29 is 9.59 Å². The van der Waals surface area contributed by atoms with Crippen LogP contribution in [-0.2, 0) is 17.6 Å². The van der Waals surface area contributed by atoms with Crippen LogP contribution in [0.2, 0.25) is 0 Å². The summed E-state index contributed by atoms with van der Waals surface area (Å²) in [7, 11) is 0. The Morgan fingerprint density at radius 3 is 2.41 bits per heavy atom. The van der Waals surface area contributed by atoms with Gasteiger partial charge in [-0.2, -0.15) is 4.98 Å². The van der Waals surface area contributed by atoms with E-state index < -0.39 is 11.2 Å². The van der Waals surface area contributed by atoms with Crippen molar-refractivity contribution in [1.29, 1.82) is 0 Å². The molecule has 1 saturated carbocycles. The third-order valence-electron chi connectivity index (χ3n) is 8.86. The van der Waals surface area contributed by atoms with Crippen molar-refractivity contribution in [3.8, 4) is 5.69 Å². The number of nitrogens with zero attached hydrogens (tertiary/aromatic N) is 5. The summed E-state index contributed by atoms with van der Waals surface area (Å²) in [5.41, 5.74) is 14.1. The molecule has 2 aromatic rings. The number of amides is 3. The third-order valence-corrected chi connectivity index (χ3v) is 8.86. The van der Waals surface area contributed by atoms with Gasteiger partial charge in [-0.25, -0.2) is 9.59 Å². The molecule has 1 aromatic carbocycles. The van der Waals surface area contributed by atoms with Crippen molar-refractivity contribution in [2.75, 3.05) is 38.0 Å². The molecule has 41 heavy (non-hydrogen) atoms. The number of anilines is 1. The molecule has 2 heterocycles. The Labute approximate surface area is 241 Å². The second kappa shape index (κ2) is 11.9. The molecule has 3 atom stereocenters. The summed E-state index contributed by atoms with van der Waals surface area (Å²) in [5.74, 6) is 0.0620. The van der Waals surface area contributed by atoms with Crippen LogP contribution in [0.3, 0.4) is 0 Å². The first-order valence-electron chi connectivity index (χ1n) is 14.9. The zero-order valence-electron chi connectivity index (χ0n) is 24.5. The minimum Gasteiger partial charge on any atom is -0.338 e. The maximum atomic E-state index is 12.9. The van der Waals surface area contributed by atoms with Gasteiger partial charge in [-0.15, -0.1) is 0 Å². The highest BCUT2D eigenvalue weighted by molar-refractivity contribution is 5.89. The van der Waals surface area contributed by atoms with Crippen molar-refractivity contribution in [1.82, 2.24) is 24.3 Å².